The second-order valence-electron chi connectivity index (χ2n) is 4.06. The molecular weight excluding hydrogens is 204 g/mol. The van der Waals surface area contributed by atoms with Crippen LogP contribution in [0.25, 0.3) is 0 Å². The summed E-state index contributed by atoms with van der Waals surface area (Å²) in [5.74, 6) is -0.966. The maximum Gasteiger partial charge on any atom is 0.337 e. The minimum atomic E-state index is -0.966. The van der Waals surface area contributed by atoms with Gasteiger partial charge in [-0.05, 0) is 31.9 Å². The van der Waals surface area contributed by atoms with Crippen LogP contribution in [0.5, 0.6) is 0 Å². The Kier molecular flexibility index (Phi) is 2.73. The summed E-state index contributed by atoms with van der Waals surface area (Å²) in [7, 11) is 0. The van der Waals surface area contributed by atoms with Crippen molar-refractivity contribution in [1.82, 2.24) is 0 Å². The zero-order valence-corrected chi connectivity index (χ0v) is 9.31. The van der Waals surface area contributed by atoms with Gasteiger partial charge in [0.2, 0.25) is 0 Å². The first kappa shape index (κ1) is 10.8. The van der Waals surface area contributed by atoms with Gasteiger partial charge in [0.15, 0.2) is 0 Å². The molecule has 16 heavy (non-hydrogen) atoms. The van der Waals surface area contributed by atoms with Gasteiger partial charge in [-0.1, -0.05) is 6.07 Å². The molecule has 0 saturated heterocycles. The number of para-hydroxylation sites is 1. The average Bonchev–Trinajstić information content (AvgIpc) is 3.05. The van der Waals surface area contributed by atoms with Crippen LogP contribution in [0.3, 0.4) is 0 Å². The third kappa shape index (κ3) is 1.83. The van der Waals surface area contributed by atoms with E-state index in [2.05, 4.69) is 11.8 Å². The van der Waals surface area contributed by atoms with E-state index in [1.54, 1.807) is 12.1 Å². The van der Waals surface area contributed by atoms with Crippen molar-refractivity contribution in [2.24, 2.45) is 0 Å². The van der Waals surface area contributed by atoms with Crippen LogP contribution in [0, 0.1) is 0 Å². The normalized spacial score (nSPS) is 14.8. The Labute approximate surface area is 94.7 Å². The highest BCUT2D eigenvalue weighted by molar-refractivity contribution is 5.97. The Morgan fingerprint density at radius 2 is 2.25 bits per heavy atom. The maximum absolute atomic E-state index is 11.0. The van der Waals surface area contributed by atoms with E-state index in [1.165, 1.54) is 12.8 Å². The number of nitrogens with zero attached hydrogens (tertiary/aromatic N) is 1. The Morgan fingerprint density at radius 1 is 1.56 bits per heavy atom. The molecule has 0 amide bonds. The Morgan fingerprint density at radius 3 is 2.75 bits per heavy atom. The quantitative estimate of drug-likeness (QED) is 0.761. The molecule has 1 aliphatic carbocycles. The number of carbonyl (C=O) groups is 1. The first-order valence-electron chi connectivity index (χ1n) is 5.53. The zero-order chi connectivity index (χ0) is 11.7. The molecule has 0 atom stereocenters. The fraction of sp³-hybridized carbons (Fsp3) is 0.417. The standard InChI is InChI=1S/C12H16N2O2/c1-2-14(8-6-7-8)10-5-3-4-9(11(10)13)12(15)16/h3-5,8H,2,6-7,13H2,1H3,(H,15,16). The molecule has 1 aromatic rings. The van der Waals surface area contributed by atoms with Crippen molar-refractivity contribution < 1.29 is 9.90 Å². The van der Waals surface area contributed by atoms with Gasteiger partial charge < -0.3 is 15.7 Å². The minimum Gasteiger partial charge on any atom is -0.478 e. The highest BCUT2D eigenvalue weighted by Gasteiger charge is 2.29. The summed E-state index contributed by atoms with van der Waals surface area (Å²) in [5, 5.41) is 9.00. The van der Waals surface area contributed by atoms with Crippen molar-refractivity contribution in [3.8, 4) is 0 Å². The van der Waals surface area contributed by atoms with E-state index in [-0.39, 0.29) is 5.56 Å². The molecule has 86 valence electrons. The molecule has 1 saturated carbocycles. The molecule has 4 nitrogen and oxygen atoms in total. The van der Waals surface area contributed by atoms with Crippen LogP contribution >= 0.6 is 0 Å². The fourth-order valence-electron chi connectivity index (χ4n) is 2.00. The second kappa shape index (κ2) is 4.04. The van der Waals surface area contributed by atoms with Crippen molar-refractivity contribution in [1.29, 1.82) is 0 Å². The Bertz CT molecular complexity index is 413. The van der Waals surface area contributed by atoms with Crippen molar-refractivity contribution in [2.45, 2.75) is 25.8 Å². The van der Waals surface area contributed by atoms with Gasteiger partial charge in [-0.2, -0.15) is 0 Å². The number of rotatable bonds is 4. The van der Waals surface area contributed by atoms with Gasteiger partial charge in [-0.3, -0.25) is 0 Å². The van der Waals surface area contributed by atoms with E-state index in [0.717, 1.165) is 12.2 Å². The molecule has 1 aliphatic rings. The van der Waals surface area contributed by atoms with Crippen molar-refractivity contribution in [3.63, 3.8) is 0 Å². The van der Waals surface area contributed by atoms with E-state index in [9.17, 15) is 4.79 Å². The number of benzene rings is 1. The van der Waals surface area contributed by atoms with Crippen LogP contribution in [-0.4, -0.2) is 23.7 Å². The summed E-state index contributed by atoms with van der Waals surface area (Å²) in [6, 6.07) is 5.72. The van der Waals surface area contributed by atoms with Crippen molar-refractivity contribution in [2.75, 3.05) is 17.2 Å². The van der Waals surface area contributed by atoms with E-state index in [4.69, 9.17) is 10.8 Å². The van der Waals surface area contributed by atoms with Crippen LogP contribution < -0.4 is 10.6 Å². The number of carboxylic acid groups (broad SMARTS) is 1. The lowest BCUT2D eigenvalue weighted by atomic mass is 10.1. The molecule has 2 rings (SSSR count). The summed E-state index contributed by atoms with van der Waals surface area (Å²) in [6.45, 7) is 2.92. The van der Waals surface area contributed by atoms with E-state index in [1.807, 2.05) is 6.07 Å². The number of nitrogens with two attached hydrogens (primary N) is 1. The number of hydrogen-bond donors (Lipinski definition) is 2. The minimum absolute atomic E-state index is 0.191. The highest BCUT2D eigenvalue weighted by atomic mass is 16.4. The number of anilines is 2. The lowest BCUT2D eigenvalue weighted by molar-refractivity contribution is 0.0698. The lowest BCUT2D eigenvalue weighted by Crippen LogP contribution is -2.26. The molecule has 0 bridgehead atoms. The molecule has 0 unspecified atom stereocenters. The molecule has 1 aromatic carbocycles. The van der Waals surface area contributed by atoms with Gasteiger partial charge in [0.25, 0.3) is 0 Å². The molecule has 0 heterocycles. The first-order chi connectivity index (χ1) is 7.65. The summed E-state index contributed by atoms with van der Waals surface area (Å²) in [6.07, 6.45) is 2.34. The Hall–Kier alpha value is -1.71. The zero-order valence-electron chi connectivity index (χ0n) is 9.31. The van der Waals surface area contributed by atoms with Gasteiger partial charge in [-0.15, -0.1) is 0 Å². The van der Waals surface area contributed by atoms with Gasteiger partial charge in [0, 0.05) is 12.6 Å². The van der Waals surface area contributed by atoms with Gasteiger partial charge in [-0.25, -0.2) is 4.79 Å². The lowest BCUT2D eigenvalue weighted by Gasteiger charge is -2.24. The summed E-state index contributed by atoms with van der Waals surface area (Å²) >= 11 is 0. The maximum atomic E-state index is 11.0. The van der Waals surface area contributed by atoms with Gasteiger partial charge in [0.05, 0.1) is 16.9 Å². The number of nitrogen functional groups attached to an aromatic ring is 1. The molecule has 0 radical (unpaired) electrons. The van der Waals surface area contributed by atoms with Crippen LogP contribution in [0.4, 0.5) is 11.4 Å². The van der Waals surface area contributed by atoms with Gasteiger partial charge >= 0.3 is 5.97 Å². The predicted octanol–water partition coefficient (Wildman–Crippen LogP) is 1.96. The third-order valence-corrected chi connectivity index (χ3v) is 2.95. The van der Waals surface area contributed by atoms with Crippen LogP contribution in [0.1, 0.15) is 30.1 Å². The Balaban J connectivity index is 2.39. The summed E-state index contributed by atoms with van der Waals surface area (Å²) in [4.78, 5) is 13.2. The smallest absolute Gasteiger partial charge is 0.337 e. The SMILES string of the molecule is CCN(c1cccc(C(=O)O)c1N)C1CC1. The highest BCUT2D eigenvalue weighted by Crippen LogP contribution is 2.35. The fourth-order valence-corrected chi connectivity index (χ4v) is 2.00. The molecule has 3 N–H and O–H groups in total. The van der Waals surface area contributed by atoms with Crippen LogP contribution in [0.15, 0.2) is 18.2 Å². The third-order valence-electron chi connectivity index (χ3n) is 2.95. The number of hydrogen-bond acceptors (Lipinski definition) is 3. The average molecular weight is 220 g/mol. The molecule has 4 heteroatoms. The van der Waals surface area contributed by atoms with Crippen molar-refractivity contribution >= 4 is 17.3 Å². The van der Waals surface area contributed by atoms with Crippen LogP contribution in [-0.2, 0) is 0 Å². The number of aromatic carboxylic acids is 1. The molecule has 0 aromatic heterocycles. The largest absolute Gasteiger partial charge is 0.478 e. The topological polar surface area (TPSA) is 66.6 Å². The van der Waals surface area contributed by atoms with Gasteiger partial charge in [0.1, 0.15) is 0 Å². The molecule has 1 fully saturated rings. The molecular formula is C12H16N2O2. The second-order valence-corrected chi connectivity index (χ2v) is 4.06. The first-order valence-corrected chi connectivity index (χ1v) is 5.53. The number of carboxylic acids is 1. The summed E-state index contributed by atoms with van der Waals surface area (Å²) < 4.78 is 0. The van der Waals surface area contributed by atoms with E-state index in [0.29, 0.717) is 11.7 Å². The van der Waals surface area contributed by atoms with E-state index >= 15 is 0 Å². The summed E-state index contributed by atoms with van der Waals surface area (Å²) in [5.41, 5.74) is 7.33. The van der Waals surface area contributed by atoms with Crippen molar-refractivity contribution in [3.05, 3.63) is 23.8 Å². The molecule has 0 spiro atoms. The monoisotopic (exact) mass is 220 g/mol. The molecule has 0 aliphatic heterocycles. The predicted molar refractivity (Wildman–Crippen MR) is 63.9 cm³/mol. The van der Waals surface area contributed by atoms with E-state index < -0.39 is 5.97 Å². The van der Waals surface area contributed by atoms with Crippen LogP contribution in [0.2, 0.25) is 0 Å².